The second-order valence-corrected chi connectivity index (χ2v) is 4.92. The Labute approximate surface area is 114 Å². The van der Waals surface area contributed by atoms with E-state index < -0.39 is 5.97 Å². The summed E-state index contributed by atoms with van der Waals surface area (Å²) in [4.78, 5) is 17.5. The summed E-state index contributed by atoms with van der Waals surface area (Å²) in [5, 5.41) is 6.32. The van der Waals surface area contributed by atoms with Crippen LogP contribution in [0.2, 0.25) is 5.02 Å². The van der Waals surface area contributed by atoms with Crippen LogP contribution in [-0.2, 0) is 4.84 Å². The van der Waals surface area contributed by atoms with E-state index in [1.165, 1.54) is 0 Å². The van der Waals surface area contributed by atoms with Crippen LogP contribution < -0.4 is 0 Å². The molecule has 92 valence electrons. The maximum absolute atomic E-state index is 11.7. The van der Waals surface area contributed by atoms with Crippen molar-refractivity contribution in [2.24, 2.45) is 5.16 Å². The molecule has 0 spiro atoms. The van der Waals surface area contributed by atoms with E-state index in [1.54, 1.807) is 42.5 Å². The molecule has 1 heterocycles. The number of carbonyl (C=O) groups is 1. The maximum atomic E-state index is 11.7. The van der Waals surface area contributed by atoms with Crippen molar-refractivity contribution in [3.05, 3.63) is 57.2 Å². The van der Waals surface area contributed by atoms with Gasteiger partial charge in [0.25, 0.3) is 0 Å². The topological polar surface area (TPSA) is 38.7 Å². The fourth-order valence-corrected chi connectivity index (χ4v) is 2.07. The lowest BCUT2D eigenvalue weighted by Crippen LogP contribution is -2.02. The molecule has 3 nitrogen and oxygen atoms in total. The van der Waals surface area contributed by atoms with Crippen molar-refractivity contribution in [3.8, 4) is 0 Å². The van der Waals surface area contributed by atoms with Gasteiger partial charge in [0.05, 0.1) is 16.2 Å². The number of carbonyl (C=O) groups excluding carboxylic acids is 1. The van der Waals surface area contributed by atoms with Crippen LogP contribution >= 0.6 is 22.9 Å². The highest BCUT2D eigenvalue weighted by molar-refractivity contribution is 7.12. The van der Waals surface area contributed by atoms with Crippen LogP contribution in [0.3, 0.4) is 0 Å². The van der Waals surface area contributed by atoms with Gasteiger partial charge in [-0.05, 0) is 42.6 Å². The van der Waals surface area contributed by atoms with Crippen LogP contribution in [0.15, 0.2) is 46.9 Å². The number of halogens is 1. The second-order valence-electron chi connectivity index (χ2n) is 3.54. The van der Waals surface area contributed by atoms with Crippen molar-refractivity contribution in [3.63, 3.8) is 0 Å². The van der Waals surface area contributed by atoms with Crippen molar-refractivity contribution < 1.29 is 9.63 Å². The third-order valence-corrected chi connectivity index (χ3v) is 3.45. The third-order valence-electron chi connectivity index (χ3n) is 2.22. The minimum atomic E-state index is -0.498. The number of hydrogen-bond donors (Lipinski definition) is 0. The minimum Gasteiger partial charge on any atom is -0.313 e. The van der Waals surface area contributed by atoms with Gasteiger partial charge in [-0.3, -0.25) is 0 Å². The molecule has 0 aliphatic rings. The lowest BCUT2D eigenvalue weighted by molar-refractivity contribution is 0.0516. The molecular weight excluding hydrogens is 270 g/mol. The lowest BCUT2D eigenvalue weighted by atomic mass is 10.2. The molecule has 0 N–H and O–H groups in total. The molecule has 0 atom stereocenters. The predicted octanol–water partition coefficient (Wildman–Crippen LogP) is 3.98. The van der Waals surface area contributed by atoms with Gasteiger partial charge in [0.1, 0.15) is 0 Å². The quantitative estimate of drug-likeness (QED) is 0.484. The number of benzene rings is 1. The first-order valence-corrected chi connectivity index (χ1v) is 6.48. The van der Waals surface area contributed by atoms with Crippen LogP contribution in [0.1, 0.15) is 22.2 Å². The van der Waals surface area contributed by atoms with Gasteiger partial charge in [-0.2, -0.15) is 0 Å². The van der Waals surface area contributed by atoms with E-state index in [9.17, 15) is 4.79 Å². The molecule has 0 fully saturated rings. The van der Waals surface area contributed by atoms with Crippen LogP contribution in [-0.4, -0.2) is 11.7 Å². The molecule has 0 radical (unpaired) electrons. The predicted molar refractivity (Wildman–Crippen MR) is 73.4 cm³/mol. The van der Waals surface area contributed by atoms with E-state index >= 15 is 0 Å². The zero-order valence-corrected chi connectivity index (χ0v) is 11.2. The van der Waals surface area contributed by atoms with Gasteiger partial charge in [0, 0.05) is 5.02 Å². The summed E-state index contributed by atoms with van der Waals surface area (Å²) in [5.41, 5.74) is 1.09. The van der Waals surface area contributed by atoms with E-state index in [-0.39, 0.29) is 0 Å². The Morgan fingerprint density at radius 1 is 1.28 bits per heavy atom. The van der Waals surface area contributed by atoms with Gasteiger partial charge < -0.3 is 4.84 Å². The molecular formula is C13H10ClNO2S. The monoisotopic (exact) mass is 279 g/mol. The molecule has 0 aliphatic carbocycles. The molecule has 2 rings (SSSR count). The lowest BCUT2D eigenvalue weighted by Gasteiger charge is -1.99. The summed E-state index contributed by atoms with van der Waals surface area (Å²) in [7, 11) is 0. The molecule has 2 aromatic rings. The Bertz CT molecular complexity index is 561. The Kier molecular flexibility index (Phi) is 4.12. The molecule has 0 aliphatic heterocycles. The van der Waals surface area contributed by atoms with E-state index in [4.69, 9.17) is 16.4 Å². The van der Waals surface area contributed by atoms with Crippen LogP contribution in [0.5, 0.6) is 0 Å². The molecule has 1 aromatic carbocycles. The number of thiophene rings is 1. The molecule has 0 bridgehead atoms. The van der Waals surface area contributed by atoms with Gasteiger partial charge in [0.15, 0.2) is 0 Å². The van der Waals surface area contributed by atoms with Gasteiger partial charge in [-0.1, -0.05) is 22.8 Å². The Balaban J connectivity index is 2.04. The van der Waals surface area contributed by atoms with E-state index in [2.05, 4.69) is 5.16 Å². The van der Waals surface area contributed by atoms with Crippen molar-refractivity contribution in [2.75, 3.05) is 0 Å². The molecule has 0 saturated heterocycles. The normalized spacial score (nSPS) is 11.3. The first-order chi connectivity index (χ1) is 8.66. The average molecular weight is 280 g/mol. The summed E-state index contributed by atoms with van der Waals surface area (Å²) in [6, 6.07) is 10.3. The first-order valence-electron chi connectivity index (χ1n) is 5.22. The molecule has 18 heavy (non-hydrogen) atoms. The number of hydrogen-bond acceptors (Lipinski definition) is 4. The average Bonchev–Trinajstić information content (AvgIpc) is 2.90. The fraction of sp³-hybridized carbons (Fsp3) is 0.0769. The van der Waals surface area contributed by atoms with Crippen LogP contribution in [0, 0.1) is 0 Å². The SMILES string of the molecule is CC(=NOC(=O)c1ccc(Cl)cc1)c1cccs1. The Morgan fingerprint density at radius 3 is 2.61 bits per heavy atom. The standard InChI is InChI=1S/C13H10ClNO2S/c1-9(12-3-2-8-18-12)15-17-13(16)10-4-6-11(14)7-5-10/h2-8H,1H3. The maximum Gasteiger partial charge on any atom is 0.365 e. The summed E-state index contributed by atoms with van der Waals surface area (Å²) >= 11 is 7.27. The highest BCUT2D eigenvalue weighted by Gasteiger charge is 2.07. The number of rotatable bonds is 3. The first kappa shape index (κ1) is 12.8. The number of oxime groups is 1. The smallest absolute Gasteiger partial charge is 0.313 e. The van der Waals surface area contributed by atoms with E-state index in [0.717, 1.165) is 4.88 Å². The molecule has 1 aromatic heterocycles. The Hall–Kier alpha value is -1.65. The van der Waals surface area contributed by atoms with E-state index in [1.807, 2.05) is 17.5 Å². The van der Waals surface area contributed by atoms with Crippen molar-refractivity contribution in [2.45, 2.75) is 6.92 Å². The van der Waals surface area contributed by atoms with Crippen molar-refractivity contribution in [1.29, 1.82) is 0 Å². The fourth-order valence-electron chi connectivity index (χ4n) is 1.28. The van der Waals surface area contributed by atoms with Crippen LogP contribution in [0.4, 0.5) is 0 Å². The molecule has 0 amide bonds. The van der Waals surface area contributed by atoms with Gasteiger partial charge in [-0.15, -0.1) is 11.3 Å². The third kappa shape index (κ3) is 3.18. The molecule has 5 heteroatoms. The summed E-state index contributed by atoms with van der Waals surface area (Å²) in [5.74, 6) is -0.498. The zero-order chi connectivity index (χ0) is 13.0. The van der Waals surface area contributed by atoms with Gasteiger partial charge in [-0.25, -0.2) is 4.79 Å². The van der Waals surface area contributed by atoms with Gasteiger partial charge in [0.2, 0.25) is 0 Å². The summed E-state index contributed by atoms with van der Waals surface area (Å²) < 4.78 is 0. The number of nitrogens with zero attached hydrogens (tertiary/aromatic N) is 1. The minimum absolute atomic E-state index is 0.419. The van der Waals surface area contributed by atoms with Crippen LogP contribution in [0.25, 0.3) is 0 Å². The van der Waals surface area contributed by atoms with E-state index in [0.29, 0.717) is 16.3 Å². The van der Waals surface area contributed by atoms with Gasteiger partial charge >= 0.3 is 5.97 Å². The van der Waals surface area contributed by atoms with Crippen molar-refractivity contribution >= 4 is 34.6 Å². The molecule has 0 unspecified atom stereocenters. The highest BCUT2D eigenvalue weighted by Crippen LogP contribution is 2.12. The highest BCUT2D eigenvalue weighted by atomic mass is 35.5. The largest absolute Gasteiger partial charge is 0.365 e. The van der Waals surface area contributed by atoms with Crippen molar-refractivity contribution in [1.82, 2.24) is 0 Å². The Morgan fingerprint density at radius 2 is 2.00 bits per heavy atom. The molecule has 0 saturated carbocycles. The summed E-state index contributed by atoms with van der Waals surface area (Å²) in [6.07, 6.45) is 0. The summed E-state index contributed by atoms with van der Waals surface area (Å²) in [6.45, 7) is 1.79. The zero-order valence-electron chi connectivity index (χ0n) is 9.59. The second kappa shape index (κ2) is 5.80.